The fraction of sp³-hybridized carbons (Fsp3) is 0.909. The molecule has 0 amide bonds. The second-order valence-electron chi connectivity index (χ2n) is 4.06. The van der Waals surface area contributed by atoms with Gasteiger partial charge in [0.1, 0.15) is 0 Å². The quantitative estimate of drug-likeness (QED) is 0.673. The molecule has 1 aliphatic heterocycles. The highest BCUT2D eigenvalue weighted by atomic mass is 16.7. The molecule has 1 fully saturated rings. The summed E-state index contributed by atoms with van der Waals surface area (Å²) in [7, 11) is 0. The molecule has 0 aliphatic carbocycles. The first-order valence-corrected chi connectivity index (χ1v) is 5.57. The van der Waals surface area contributed by atoms with E-state index in [-0.39, 0.29) is 18.4 Å². The molecule has 0 spiro atoms. The van der Waals surface area contributed by atoms with Crippen LogP contribution < -0.4 is 0 Å². The Balaban J connectivity index is 2.26. The Morgan fingerprint density at radius 1 is 1.33 bits per heavy atom. The molecule has 0 aromatic rings. The third-order valence-electron chi connectivity index (χ3n) is 2.18. The van der Waals surface area contributed by atoms with Crippen molar-refractivity contribution in [2.75, 3.05) is 6.61 Å². The third kappa shape index (κ3) is 4.62. The lowest BCUT2D eigenvalue weighted by Gasteiger charge is -2.25. The molecule has 0 aromatic heterocycles. The fourth-order valence-corrected chi connectivity index (χ4v) is 1.43. The molecule has 1 aliphatic rings. The molecule has 1 saturated heterocycles. The Morgan fingerprint density at radius 2 is 2.07 bits per heavy atom. The van der Waals surface area contributed by atoms with Crippen molar-refractivity contribution in [2.45, 2.75) is 58.5 Å². The molecule has 0 bridgehead atoms. The van der Waals surface area contributed by atoms with Crippen LogP contribution in [0.1, 0.15) is 40.0 Å². The minimum Gasteiger partial charge on any atom is -0.461 e. The highest BCUT2D eigenvalue weighted by Crippen LogP contribution is 2.15. The van der Waals surface area contributed by atoms with Gasteiger partial charge in [-0.2, -0.15) is 0 Å². The monoisotopic (exact) mass is 216 g/mol. The van der Waals surface area contributed by atoms with Gasteiger partial charge in [-0.25, -0.2) is 4.79 Å². The van der Waals surface area contributed by atoms with Gasteiger partial charge in [0.25, 0.3) is 0 Å². The zero-order valence-electron chi connectivity index (χ0n) is 9.69. The first-order chi connectivity index (χ1) is 7.09. The Hall–Kier alpha value is -0.610. The van der Waals surface area contributed by atoms with E-state index in [0.717, 1.165) is 25.9 Å². The summed E-state index contributed by atoms with van der Waals surface area (Å²) < 4.78 is 15.9. The van der Waals surface area contributed by atoms with Crippen LogP contribution in [0.5, 0.6) is 0 Å². The van der Waals surface area contributed by atoms with E-state index in [9.17, 15) is 4.79 Å². The van der Waals surface area contributed by atoms with Crippen molar-refractivity contribution >= 4 is 5.97 Å². The van der Waals surface area contributed by atoms with Gasteiger partial charge in [0.2, 0.25) is 0 Å². The van der Waals surface area contributed by atoms with Crippen LogP contribution >= 0.6 is 0 Å². The van der Waals surface area contributed by atoms with E-state index >= 15 is 0 Å². The van der Waals surface area contributed by atoms with Crippen LogP contribution in [-0.2, 0) is 19.0 Å². The summed E-state index contributed by atoms with van der Waals surface area (Å²) in [4.78, 5) is 11.4. The molecular formula is C11H20O4. The van der Waals surface area contributed by atoms with E-state index in [0.29, 0.717) is 0 Å². The maximum atomic E-state index is 11.4. The summed E-state index contributed by atoms with van der Waals surface area (Å²) in [6.45, 7) is 6.06. The van der Waals surface area contributed by atoms with Gasteiger partial charge in [0.15, 0.2) is 12.4 Å². The summed E-state index contributed by atoms with van der Waals surface area (Å²) in [5.41, 5.74) is 0. The molecule has 2 atom stereocenters. The van der Waals surface area contributed by atoms with Crippen molar-refractivity contribution < 1.29 is 19.0 Å². The number of esters is 1. The Morgan fingerprint density at radius 3 is 2.60 bits per heavy atom. The number of hydrogen-bond donors (Lipinski definition) is 0. The van der Waals surface area contributed by atoms with Crippen molar-refractivity contribution in [1.82, 2.24) is 0 Å². The first-order valence-electron chi connectivity index (χ1n) is 5.57. The molecule has 1 heterocycles. The Kier molecular flexibility index (Phi) is 5.05. The van der Waals surface area contributed by atoms with Gasteiger partial charge < -0.3 is 14.2 Å². The van der Waals surface area contributed by atoms with E-state index in [2.05, 4.69) is 0 Å². The second kappa shape index (κ2) is 6.08. The molecule has 0 aromatic carbocycles. The van der Waals surface area contributed by atoms with Gasteiger partial charge in [0, 0.05) is 6.61 Å². The van der Waals surface area contributed by atoms with Gasteiger partial charge in [-0.05, 0) is 40.0 Å². The van der Waals surface area contributed by atoms with Gasteiger partial charge in [0.05, 0.1) is 6.10 Å². The molecule has 0 N–H and O–H groups in total. The summed E-state index contributed by atoms with van der Waals surface area (Å²) >= 11 is 0. The minimum atomic E-state index is -0.546. The molecule has 4 nitrogen and oxygen atoms in total. The lowest BCUT2D eigenvalue weighted by atomic mass is 10.2. The highest BCUT2D eigenvalue weighted by Gasteiger charge is 2.23. The standard InChI is InChI=1S/C11H20O4/c1-8(2)14-11(12)9(3)15-10-6-4-5-7-13-10/h8-10H,4-7H2,1-3H3/t9-,10+/m0/s1. The van der Waals surface area contributed by atoms with Crippen molar-refractivity contribution in [3.63, 3.8) is 0 Å². The Labute approximate surface area is 90.9 Å². The summed E-state index contributed by atoms with van der Waals surface area (Å²) in [6.07, 6.45) is 2.14. The lowest BCUT2D eigenvalue weighted by Crippen LogP contribution is -2.33. The molecule has 1 rings (SSSR count). The van der Waals surface area contributed by atoms with Crippen molar-refractivity contribution in [3.8, 4) is 0 Å². The number of rotatable bonds is 4. The van der Waals surface area contributed by atoms with Gasteiger partial charge in [-0.3, -0.25) is 0 Å². The summed E-state index contributed by atoms with van der Waals surface area (Å²) in [5, 5.41) is 0. The second-order valence-corrected chi connectivity index (χ2v) is 4.06. The predicted molar refractivity (Wildman–Crippen MR) is 55.4 cm³/mol. The molecule has 88 valence electrons. The summed E-state index contributed by atoms with van der Waals surface area (Å²) in [5.74, 6) is -0.320. The van der Waals surface area contributed by atoms with Crippen LogP contribution in [0.25, 0.3) is 0 Å². The maximum Gasteiger partial charge on any atom is 0.335 e. The van der Waals surface area contributed by atoms with Crippen LogP contribution in [0.4, 0.5) is 0 Å². The van der Waals surface area contributed by atoms with E-state index in [1.807, 2.05) is 13.8 Å². The normalized spacial score (nSPS) is 23.9. The highest BCUT2D eigenvalue weighted by molar-refractivity contribution is 5.74. The van der Waals surface area contributed by atoms with E-state index < -0.39 is 6.10 Å². The molecule has 0 unspecified atom stereocenters. The average Bonchev–Trinajstić information content (AvgIpc) is 2.18. The van der Waals surface area contributed by atoms with Gasteiger partial charge in [-0.1, -0.05) is 0 Å². The number of ether oxygens (including phenoxy) is 3. The van der Waals surface area contributed by atoms with Crippen LogP contribution in [-0.4, -0.2) is 31.1 Å². The van der Waals surface area contributed by atoms with Crippen LogP contribution in [0, 0.1) is 0 Å². The van der Waals surface area contributed by atoms with Crippen LogP contribution in [0.15, 0.2) is 0 Å². The topological polar surface area (TPSA) is 44.8 Å². The van der Waals surface area contributed by atoms with Crippen molar-refractivity contribution in [1.29, 1.82) is 0 Å². The number of carbonyl (C=O) groups excluding carboxylic acids is 1. The van der Waals surface area contributed by atoms with Crippen molar-refractivity contribution in [2.24, 2.45) is 0 Å². The van der Waals surface area contributed by atoms with Gasteiger partial charge in [-0.15, -0.1) is 0 Å². The Bertz CT molecular complexity index is 197. The number of hydrogen-bond acceptors (Lipinski definition) is 4. The SMILES string of the molecule is CC(C)OC(=O)[C@H](C)O[C@@H]1CCCCO1. The maximum absolute atomic E-state index is 11.4. The zero-order valence-corrected chi connectivity index (χ0v) is 9.69. The zero-order chi connectivity index (χ0) is 11.3. The molecule has 4 heteroatoms. The molecular weight excluding hydrogens is 196 g/mol. The van der Waals surface area contributed by atoms with E-state index in [1.54, 1.807) is 6.92 Å². The van der Waals surface area contributed by atoms with E-state index in [1.165, 1.54) is 0 Å². The summed E-state index contributed by atoms with van der Waals surface area (Å²) in [6, 6.07) is 0. The number of carbonyl (C=O) groups is 1. The molecule has 0 radical (unpaired) electrons. The minimum absolute atomic E-state index is 0.101. The van der Waals surface area contributed by atoms with E-state index in [4.69, 9.17) is 14.2 Å². The predicted octanol–water partition coefficient (Wildman–Crippen LogP) is 1.87. The molecule has 0 saturated carbocycles. The van der Waals surface area contributed by atoms with Crippen LogP contribution in [0.3, 0.4) is 0 Å². The fourth-order valence-electron chi connectivity index (χ4n) is 1.43. The first kappa shape index (κ1) is 12.5. The third-order valence-corrected chi connectivity index (χ3v) is 2.18. The smallest absolute Gasteiger partial charge is 0.335 e. The van der Waals surface area contributed by atoms with Crippen LogP contribution in [0.2, 0.25) is 0 Å². The van der Waals surface area contributed by atoms with Crippen molar-refractivity contribution in [3.05, 3.63) is 0 Å². The average molecular weight is 216 g/mol. The lowest BCUT2D eigenvalue weighted by molar-refractivity contribution is -0.202. The van der Waals surface area contributed by atoms with Gasteiger partial charge >= 0.3 is 5.97 Å². The largest absolute Gasteiger partial charge is 0.461 e. The molecule has 15 heavy (non-hydrogen) atoms.